The highest BCUT2D eigenvalue weighted by Gasteiger charge is 2.26. The molecule has 8 nitrogen and oxygen atoms in total. The van der Waals surface area contributed by atoms with E-state index in [9.17, 15) is 4.79 Å². The highest BCUT2D eigenvalue weighted by Crippen LogP contribution is 2.27. The molecule has 2 fully saturated rings. The summed E-state index contributed by atoms with van der Waals surface area (Å²) in [6.07, 6.45) is 7.83. The molecular weight excluding hydrogens is 416 g/mol. The molecule has 0 atom stereocenters. The van der Waals surface area contributed by atoms with Gasteiger partial charge in [-0.2, -0.15) is 0 Å². The Balaban J connectivity index is 1.44. The van der Waals surface area contributed by atoms with Gasteiger partial charge in [0, 0.05) is 55.7 Å². The van der Waals surface area contributed by atoms with E-state index in [4.69, 9.17) is 15.5 Å². The molecule has 2 aromatic heterocycles. The summed E-state index contributed by atoms with van der Waals surface area (Å²) in [5.74, 6) is 1.71. The van der Waals surface area contributed by atoms with Crippen molar-refractivity contribution in [2.24, 2.45) is 0 Å². The summed E-state index contributed by atoms with van der Waals surface area (Å²) in [5, 5.41) is 3.59. The number of ether oxygens (including phenoxy) is 1. The minimum Gasteiger partial charge on any atom is -0.444 e. The number of nitrogens with zero attached hydrogens (tertiary/aromatic N) is 4. The van der Waals surface area contributed by atoms with Crippen molar-refractivity contribution >= 4 is 23.4 Å². The Hall–Kier alpha value is -3.03. The normalized spacial score (nSPS) is 17.7. The van der Waals surface area contributed by atoms with E-state index in [0.29, 0.717) is 37.9 Å². The second kappa shape index (κ2) is 9.85. The lowest BCUT2D eigenvalue weighted by molar-refractivity contribution is 0.0240. The number of amides is 1. The van der Waals surface area contributed by atoms with E-state index >= 15 is 0 Å². The van der Waals surface area contributed by atoms with Crippen molar-refractivity contribution in [3.8, 4) is 11.3 Å². The number of carbonyl (C=O) groups is 1. The van der Waals surface area contributed by atoms with Crippen LogP contribution in [0.5, 0.6) is 0 Å². The summed E-state index contributed by atoms with van der Waals surface area (Å²) in [7, 11) is 0. The van der Waals surface area contributed by atoms with Crippen LogP contribution in [0.1, 0.15) is 52.9 Å². The number of nitrogens with two attached hydrogens (primary N) is 1. The minimum atomic E-state index is -0.492. The maximum Gasteiger partial charge on any atom is 0.410 e. The molecule has 178 valence electrons. The fourth-order valence-corrected chi connectivity index (χ4v) is 4.42. The predicted molar refractivity (Wildman–Crippen MR) is 132 cm³/mol. The second-order valence-corrected chi connectivity index (χ2v) is 10.0. The molecule has 0 aromatic carbocycles. The summed E-state index contributed by atoms with van der Waals surface area (Å²) in [6.45, 7) is 8.19. The number of anilines is 3. The third-order valence-corrected chi connectivity index (χ3v) is 6.10. The average Bonchev–Trinajstić information content (AvgIpc) is 2.78. The van der Waals surface area contributed by atoms with E-state index in [1.807, 2.05) is 45.2 Å². The van der Waals surface area contributed by atoms with E-state index in [-0.39, 0.29) is 6.09 Å². The van der Waals surface area contributed by atoms with Gasteiger partial charge in [0.2, 0.25) is 0 Å². The number of hydrogen-bond donors (Lipinski definition) is 2. The predicted octanol–water partition coefficient (Wildman–Crippen LogP) is 4.53. The highest BCUT2D eigenvalue weighted by molar-refractivity contribution is 5.70. The molecule has 0 radical (unpaired) electrons. The number of nitrogen functional groups attached to an aromatic ring is 1. The van der Waals surface area contributed by atoms with Crippen LogP contribution in [-0.2, 0) is 4.74 Å². The van der Waals surface area contributed by atoms with Crippen LogP contribution in [0.25, 0.3) is 11.3 Å². The van der Waals surface area contributed by atoms with Crippen LogP contribution in [-0.4, -0.2) is 58.8 Å². The number of carbonyl (C=O) groups excluding carboxylic acids is 1. The lowest BCUT2D eigenvalue weighted by atomic mass is 9.95. The zero-order valence-electron chi connectivity index (χ0n) is 20.0. The number of pyridine rings is 2. The Morgan fingerprint density at radius 3 is 2.52 bits per heavy atom. The smallest absolute Gasteiger partial charge is 0.410 e. The molecule has 1 saturated carbocycles. The molecule has 2 aromatic rings. The largest absolute Gasteiger partial charge is 0.444 e. The van der Waals surface area contributed by atoms with Gasteiger partial charge in [-0.05, 0) is 51.8 Å². The molecule has 1 amide bonds. The van der Waals surface area contributed by atoms with E-state index in [0.717, 1.165) is 22.9 Å². The van der Waals surface area contributed by atoms with Gasteiger partial charge in [-0.25, -0.2) is 14.8 Å². The van der Waals surface area contributed by atoms with Crippen LogP contribution in [0.3, 0.4) is 0 Å². The molecule has 8 heteroatoms. The lowest BCUT2D eigenvalue weighted by Gasteiger charge is -2.36. The van der Waals surface area contributed by atoms with Gasteiger partial charge in [-0.1, -0.05) is 19.3 Å². The van der Waals surface area contributed by atoms with Crippen molar-refractivity contribution in [1.29, 1.82) is 0 Å². The summed E-state index contributed by atoms with van der Waals surface area (Å²) >= 11 is 0. The summed E-state index contributed by atoms with van der Waals surface area (Å²) in [5.41, 5.74) is 8.25. The minimum absolute atomic E-state index is 0.266. The van der Waals surface area contributed by atoms with Crippen LogP contribution < -0.4 is 16.0 Å². The first-order chi connectivity index (χ1) is 15.8. The second-order valence-electron chi connectivity index (χ2n) is 10.0. The first kappa shape index (κ1) is 23.1. The molecule has 1 aliphatic heterocycles. The molecule has 3 N–H and O–H groups in total. The van der Waals surface area contributed by atoms with Crippen molar-refractivity contribution in [3.63, 3.8) is 0 Å². The van der Waals surface area contributed by atoms with Crippen molar-refractivity contribution in [3.05, 3.63) is 30.5 Å². The van der Waals surface area contributed by atoms with Crippen molar-refractivity contribution < 1.29 is 9.53 Å². The van der Waals surface area contributed by atoms with Crippen LogP contribution in [0, 0.1) is 0 Å². The summed E-state index contributed by atoms with van der Waals surface area (Å²) in [6, 6.07) is 8.32. The van der Waals surface area contributed by atoms with Gasteiger partial charge in [0.05, 0.1) is 5.69 Å². The number of hydrogen-bond acceptors (Lipinski definition) is 7. The van der Waals surface area contributed by atoms with Gasteiger partial charge in [-0.15, -0.1) is 0 Å². The lowest BCUT2D eigenvalue weighted by Crippen LogP contribution is -2.50. The molecule has 2 aliphatic rings. The van der Waals surface area contributed by atoms with Crippen molar-refractivity contribution in [2.75, 3.05) is 42.1 Å². The fraction of sp³-hybridized carbons (Fsp3) is 0.560. The van der Waals surface area contributed by atoms with Gasteiger partial charge in [0.1, 0.15) is 17.2 Å². The Bertz CT molecular complexity index is 960. The molecule has 1 aliphatic carbocycles. The Morgan fingerprint density at radius 1 is 1.09 bits per heavy atom. The fourth-order valence-electron chi connectivity index (χ4n) is 4.42. The molecule has 3 heterocycles. The number of nitrogens with one attached hydrogen (secondary N) is 1. The van der Waals surface area contributed by atoms with Crippen molar-refractivity contribution in [1.82, 2.24) is 14.9 Å². The molecule has 0 spiro atoms. The zero-order chi connectivity index (χ0) is 23.4. The molecule has 0 bridgehead atoms. The van der Waals surface area contributed by atoms with Gasteiger partial charge >= 0.3 is 6.09 Å². The van der Waals surface area contributed by atoms with Crippen LogP contribution in [0.4, 0.5) is 22.1 Å². The van der Waals surface area contributed by atoms with Gasteiger partial charge in [-0.3, -0.25) is 0 Å². The summed E-state index contributed by atoms with van der Waals surface area (Å²) in [4.78, 5) is 25.7. The van der Waals surface area contributed by atoms with Gasteiger partial charge in [0.25, 0.3) is 0 Å². The first-order valence-corrected chi connectivity index (χ1v) is 12.0. The Kier molecular flexibility index (Phi) is 6.91. The average molecular weight is 453 g/mol. The third-order valence-electron chi connectivity index (χ3n) is 6.10. The van der Waals surface area contributed by atoms with Crippen molar-refractivity contribution in [2.45, 2.75) is 64.5 Å². The maximum absolute atomic E-state index is 12.4. The van der Waals surface area contributed by atoms with E-state index < -0.39 is 5.60 Å². The number of rotatable bonds is 4. The first-order valence-electron chi connectivity index (χ1n) is 12.0. The standard InChI is InChI=1S/C25H36N6O2/c1-25(2,3)33-24(32)31-13-11-30(12-14-31)23-17-19(26)16-21(29-23)18-9-10-27-22(15-18)28-20-7-5-4-6-8-20/h9-10,15-17,20H,4-8,11-14H2,1-3H3,(H2,26,29)(H,27,28). The Morgan fingerprint density at radius 2 is 1.82 bits per heavy atom. The van der Waals surface area contributed by atoms with Crippen LogP contribution in [0.15, 0.2) is 30.5 Å². The van der Waals surface area contributed by atoms with E-state index in [1.165, 1.54) is 32.1 Å². The molecule has 0 unspecified atom stereocenters. The quantitative estimate of drug-likeness (QED) is 0.703. The summed E-state index contributed by atoms with van der Waals surface area (Å²) < 4.78 is 5.50. The maximum atomic E-state index is 12.4. The SMILES string of the molecule is CC(C)(C)OC(=O)N1CCN(c2cc(N)cc(-c3ccnc(NC4CCCCC4)c3)n2)CC1. The number of piperazine rings is 1. The Labute approximate surface area is 196 Å². The van der Waals surface area contributed by atoms with Gasteiger partial charge in [0.15, 0.2) is 0 Å². The highest BCUT2D eigenvalue weighted by atomic mass is 16.6. The zero-order valence-corrected chi connectivity index (χ0v) is 20.0. The molecule has 1 saturated heterocycles. The monoisotopic (exact) mass is 452 g/mol. The van der Waals surface area contributed by atoms with E-state index in [1.54, 1.807) is 4.90 Å². The number of aromatic nitrogens is 2. The molecule has 33 heavy (non-hydrogen) atoms. The van der Waals surface area contributed by atoms with Crippen LogP contribution >= 0.6 is 0 Å². The molecule has 4 rings (SSSR count). The topological polar surface area (TPSA) is 96.6 Å². The third kappa shape index (κ3) is 6.27. The van der Waals surface area contributed by atoms with Crippen LogP contribution in [0.2, 0.25) is 0 Å². The molecular formula is C25H36N6O2. The van der Waals surface area contributed by atoms with Gasteiger partial charge < -0.3 is 25.6 Å². The van der Waals surface area contributed by atoms with E-state index in [2.05, 4.69) is 21.3 Å².